The first-order valence-corrected chi connectivity index (χ1v) is 31.7. The fraction of sp³-hybridized carbons (Fsp3) is 0.719. The maximum absolute atomic E-state index is 12.7. The van der Waals surface area contributed by atoms with Gasteiger partial charge in [-0.3, -0.25) is 18.6 Å². The summed E-state index contributed by atoms with van der Waals surface area (Å²) in [7, 11) is -4.39. The molecule has 2 unspecified atom stereocenters. The molecule has 0 aromatic rings. The monoisotopic (exact) mass is 1050 g/mol. The second-order valence-corrected chi connectivity index (χ2v) is 21.3. The molecule has 0 aliphatic carbocycles. The van der Waals surface area contributed by atoms with Crippen LogP contribution < -0.4 is 5.73 Å². The molecule has 9 nitrogen and oxygen atoms in total. The quantitative estimate of drug-likeness (QED) is 0.0264. The molecule has 0 aliphatic heterocycles. The third kappa shape index (κ3) is 58.2. The van der Waals surface area contributed by atoms with Gasteiger partial charge in [0.25, 0.3) is 0 Å². The number of phosphoric acid groups is 1. The predicted octanol–water partition coefficient (Wildman–Crippen LogP) is 19.2. The van der Waals surface area contributed by atoms with Gasteiger partial charge in [-0.2, -0.15) is 0 Å². The van der Waals surface area contributed by atoms with Crippen LogP contribution in [0.3, 0.4) is 0 Å². The molecular weight excluding hydrogens is 942 g/mol. The molecule has 0 aromatic carbocycles. The number of nitrogens with two attached hydrogens (primary N) is 1. The Kier molecular flexibility index (Phi) is 56.7. The van der Waals surface area contributed by atoms with Crippen molar-refractivity contribution >= 4 is 19.8 Å². The number of hydrogen-bond donors (Lipinski definition) is 2. The van der Waals surface area contributed by atoms with E-state index in [1.807, 2.05) is 0 Å². The van der Waals surface area contributed by atoms with Gasteiger partial charge >= 0.3 is 19.8 Å². The van der Waals surface area contributed by atoms with E-state index in [1.54, 1.807) is 0 Å². The molecule has 0 fully saturated rings. The standard InChI is InChI=1S/C64H112NO8P/c1-3-5-7-9-11-13-15-17-19-20-21-22-23-24-25-26-27-28-29-30-31-32-33-34-35-36-37-38-39-40-41-42-43-45-47-49-51-53-55-57-64(67)73-62(61-72-74(68,69)71-59-58-65)60-70-63(66)56-54-52-50-48-46-44-18-16-14-12-10-8-6-4-2/h5,7,10-13,16-19,21-22,24-25,27-28,62H,3-4,6,8-9,14-15,20,23,26,29-61,65H2,1-2H3,(H,68,69)/b7-5-,12-10-,13-11-,18-16-,19-17-,22-21-,25-24-,28-27-. The SMILES string of the molecule is CC/C=C\C/C=C\C/C=C\C/C=C\C/C=C\C/C=C\CCCCCCCCCCCCCCCCCCCCCCC(=O)OC(COC(=O)CCCCCCC/C=C\C/C=C\CCCC)COP(=O)(O)OCCN. The topological polar surface area (TPSA) is 134 Å². The number of allylic oxidation sites excluding steroid dienone is 16. The third-order valence-corrected chi connectivity index (χ3v) is 13.7. The number of esters is 2. The van der Waals surface area contributed by atoms with Crippen LogP contribution in [0.4, 0.5) is 0 Å². The van der Waals surface area contributed by atoms with Crippen molar-refractivity contribution in [2.45, 2.75) is 270 Å². The molecule has 0 saturated carbocycles. The van der Waals surface area contributed by atoms with E-state index in [4.69, 9.17) is 24.3 Å². The van der Waals surface area contributed by atoms with E-state index in [-0.39, 0.29) is 32.6 Å². The molecule has 0 aromatic heterocycles. The number of ether oxygens (including phenoxy) is 2. The van der Waals surface area contributed by atoms with Crippen LogP contribution in [-0.4, -0.2) is 49.3 Å². The third-order valence-electron chi connectivity index (χ3n) is 12.7. The van der Waals surface area contributed by atoms with Crippen molar-refractivity contribution in [1.82, 2.24) is 0 Å². The largest absolute Gasteiger partial charge is 0.472 e. The molecule has 74 heavy (non-hydrogen) atoms. The Morgan fingerprint density at radius 2 is 0.743 bits per heavy atom. The van der Waals surface area contributed by atoms with Gasteiger partial charge in [-0.05, 0) is 89.9 Å². The van der Waals surface area contributed by atoms with Crippen molar-refractivity contribution in [2.24, 2.45) is 5.73 Å². The summed E-state index contributed by atoms with van der Waals surface area (Å²) in [6, 6.07) is 0. The first kappa shape index (κ1) is 70.9. The first-order chi connectivity index (χ1) is 36.3. The highest BCUT2D eigenvalue weighted by atomic mass is 31.2. The number of rotatable bonds is 56. The molecule has 0 aliphatic rings. The summed E-state index contributed by atoms with van der Waals surface area (Å²) in [6.45, 7) is 3.58. The Balaban J connectivity index is 3.82. The summed E-state index contributed by atoms with van der Waals surface area (Å²) in [4.78, 5) is 35.1. The normalized spacial score (nSPS) is 13.7. The molecule has 3 N–H and O–H groups in total. The number of carbonyl (C=O) groups excluding carboxylic acids is 2. The molecular formula is C64H112NO8P. The van der Waals surface area contributed by atoms with Crippen molar-refractivity contribution in [3.8, 4) is 0 Å². The van der Waals surface area contributed by atoms with E-state index in [1.165, 1.54) is 122 Å². The van der Waals surface area contributed by atoms with Crippen LogP contribution in [0, 0.1) is 0 Å². The number of unbranched alkanes of at least 4 members (excludes halogenated alkanes) is 27. The zero-order valence-corrected chi connectivity index (χ0v) is 48.4. The molecule has 0 bridgehead atoms. The zero-order valence-electron chi connectivity index (χ0n) is 47.6. The summed E-state index contributed by atoms with van der Waals surface area (Å²) >= 11 is 0. The van der Waals surface area contributed by atoms with Gasteiger partial charge in [-0.15, -0.1) is 0 Å². The highest BCUT2D eigenvalue weighted by Crippen LogP contribution is 2.43. The fourth-order valence-corrected chi connectivity index (χ4v) is 9.01. The van der Waals surface area contributed by atoms with Crippen molar-refractivity contribution < 1.29 is 37.6 Å². The van der Waals surface area contributed by atoms with E-state index in [0.29, 0.717) is 12.8 Å². The fourth-order valence-electron chi connectivity index (χ4n) is 8.25. The second-order valence-electron chi connectivity index (χ2n) is 19.8. The highest BCUT2D eigenvalue weighted by molar-refractivity contribution is 7.47. The molecule has 10 heteroatoms. The van der Waals surface area contributed by atoms with Crippen molar-refractivity contribution in [2.75, 3.05) is 26.4 Å². The number of carbonyl (C=O) groups is 2. The lowest BCUT2D eigenvalue weighted by Gasteiger charge is -2.19. The van der Waals surface area contributed by atoms with Crippen LogP contribution in [0.1, 0.15) is 264 Å². The lowest BCUT2D eigenvalue weighted by Crippen LogP contribution is -2.29. The van der Waals surface area contributed by atoms with E-state index in [0.717, 1.165) is 103 Å². The van der Waals surface area contributed by atoms with E-state index >= 15 is 0 Å². The predicted molar refractivity (Wildman–Crippen MR) is 316 cm³/mol. The summed E-state index contributed by atoms with van der Waals surface area (Å²) in [6.07, 6.45) is 79.2. The van der Waals surface area contributed by atoms with Crippen molar-refractivity contribution in [1.29, 1.82) is 0 Å². The second kappa shape index (κ2) is 59.2. The summed E-state index contributed by atoms with van der Waals surface area (Å²) < 4.78 is 33.0. The smallest absolute Gasteiger partial charge is 0.462 e. The molecule has 0 heterocycles. The van der Waals surface area contributed by atoms with Gasteiger partial charge in [0.1, 0.15) is 6.61 Å². The van der Waals surface area contributed by atoms with Gasteiger partial charge < -0.3 is 20.1 Å². The Labute approximate surface area is 455 Å². The lowest BCUT2D eigenvalue weighted by atomic mass is 10.0. The lowest BCUT2D eigenvalue weighted by molar-refractivity contribution is -0.161. The minimum atomic E-state index is -4.39. The molecule has 0 radical (unpaired) electrons. The maximum Gasteiger partial charge on any atom is 0.472 e. The van der Waals surface area contributed by atoms with Gasteiger partial charge in [0, 0.05) is 19.4 Å². The van der Waals surface area contributed by atoms with Gasteiger partial charge in [0.15, 0.2) is 6.10 Å². The van der Waals surface area contributed by atoms with Gasteiger partial charge in [-0.1, -0.05) is 259 Å². The van der Waals surface area contributed by atoms with Crippen LogP contribution in [-0.2, 0) is 32.7 Å². The van der Waals surface area contributed by atoms with Crippen molar-refractivity contribution in [3.05, 3.63) is 97.2 Å². The molecule has 426 valence electrons. The number of phosphoric ester groups is 1. The summed E-state index contributed by atoms with van der Waals surface area (Å²) in [5, 5.41) is 0. The van der Waals surface area contributed by atoms with E-state index in [2.05, 4.69) is 111 Å². The zero-order chi connectivity index (χ0) is 53.8. The Morgan fingerprint density at radius 3 is 1.11 bits per heavy atom. The van der Waals surface area contributed by atoms with Crippen LogP contribution in [0.5, 0.6) is 0 Å². The summed E-state index contributed by atoms with van der Waals surface area (Å²) in [5.74, 6) is -0.840. The van der Waals surface area contributed by atoms with Crippen LogP contribution in [0.15, 0.2) is 97.2 Å². The average Bonchev–Trinajstić information content (AvgIpc) is 3.39. The van der Waals surface area contributed by atoms with E-state index in [9.17, 15) is 19.0 Å². The maximum atomic E-state index is 12.7. The Hall–Kier alpha value is -3.07. The van der Waals surface area contributed by atoms with Crippen LogP contribution in [0.2, 0.25) is 0 Å². The van der Waals surface area contributed by atoms with Gasteiger partial charge in [-0.25, -0.2) is 4.57 Å². The molecule has 0 amide bonds. The van der Waals surface area contributed by atoms with Crippen LogP contribution in [0.25, 0.3) is 0 Å². The van der Waals surface area contributed by atoms with Crippen LogP contribution >= 0.6 is 7.82 Å². The molecule has 0 saturated heterocycles. The average molecular weight is 1050 g/mol. The van der Waals surface area contributed by atoms with Gasteiger partial charge in [0.05, 0.1) is 13.2 Å². The van der Waals surface area contributed by atoms with E-state index < -0.39 is 32.5 Å². The van der Waals surface area contributed by atoms with Crippen molar-refractivity contribution in [3.63, 3.8) is 0 Å². The van der Waals surface area contributed by atoms with Gasteiger partial charge in [0.2, 0.25) is 0 Å². The Morgan fingerprint density at radius 1 is 0.419 bits per heavy atom. The minimum Gasteiger partial charge on any atom is -0.462 e. The Bertz CT molecular complexity index is 1530. The molecule has 0 rings (SSSR count). The number of hydrogen-bond acceptors (Lipinski definition) is 8. The first-order valence-electron chi connectivity index (χ1n) is 30.2. The molecule has 0 spiro atoms. The highest BCUT2D eigenvalue weighted by Gasteiger charge is 2.26. The summed E-state index contributed by atoms with van der Waals surface area (Å²) in [5.41, 5.74) is 5.38. The molecule has 2 atom stereocenters. The minimum absolute atomic E-state index is 0.0495.